The van der Waals surface area contributed by atoms with Crippen LogP contribution in [0.5, 0.6) is 0 Å². The number of aryl methyl sites for hydroxylation is 1. The van der Waals surface area contributed by atoms with Gasteiger partial charge in [-0.15, -0.1) is 11.3 Å². The van der Waals surface area contributed by atoms with Crippen LogP contribution >= 0.6 is 11.3 Å². The van der Waals surface area contributed by atoms with Crippen LogP contribution in [0.4, 0.5) is 0 Å². The molecule has 0 aliphatic rings. The molecule has 0 atom stereocenters. The number of carbonyl (C=O) groups is 1. The molecule has 0 aliphatic heterocycles. The molecular formula is C18H15NOS. The molecule has 0 bridgehead atoms. The summed E-state index contributed by atoms with van der Waals surface area (Å²) in [6, 6.07) is 17.6. The smallest absolute Gasteiger partial charge is 0.221 e. The van der Waals surface area contributed by atoms with Crippen LogP contribution in [0.3, 0.4) is 0 Å². The van der Waals surface area contributed by atoms with Crippen molar-refractivity contribution < 1.29 is 4.79 Å². The van der Waals surface area contributed by atoms with E-state index in [0.717, 1.165) is 17.7 Å². The van der Waals surface area contributed by atoms with Crippen LogP contribution in [0.25, 0.3) is 11.3 Å². The van der Waals surface area contributed by atoms with E-state index in [1.165, 1.54) is 16.9 Å². The summed E-state index contributed by atoms with van der Waals surface area (Å²) < 4.78 is 0. The van der Waals surface area contributed by atoms with E-state index in [1.54, 1.807) is 0 Å². The van der Waals surface area contributed by atoms with Gasteiger partial charge in [-0.05, 0) is 12.0 Å². The largest absolute Gasteiger partial charge is 0.286 e. The summed E-state index contributed by atoms with van der Waals surface area (Å²) in [5.41, 5.74) is 3.90. The first kappa shape index (κ1) is 13.7. The SMILES string of the molecule is CCc1ccc(-c2csc(C(=O)c3ccccc3)n2)cc1. The molecule has 21 heavy (non-hydrogen) atoms. The Morgan fingerprint density at radius 2 is 1.76 bits per heavy atom. The van der Waals surface area contributed by atoms with Gasteiger partial charge in [-0.2, -0.15) is 0 Å². The predicted molar refractivity (Wildman–Crippen MR) is 86.8 cm³/mol. The van der Waals surface area contributed by atoms with Crippen LogP contribution in [0.2, 0.25) is 0 Å². The second-order valence-corrected chi connectivity index (χ2v) is 5.64. The van der Waals surface area contributed by atoms with Crippen molar-refractivity contribution in [3.63, 3.8) is 0 Å². The Labute approximate surface area is 128 Å². The predicted octanol–water partition coefficient (Wildman–Crippen LogP) is 4.60. The monoisotopic (exact) mass is 293 g/mol. The highest BCUT2D eigenvalue weighted by Gasteiger charge is 2.13. The third-order valence-corrected chi connectivity index (χ3v) is 4.23. The number of aromatic nitrogens is 1. The molecule has 0 aliphatic carbocycles. The van der Waals surface area contributed by atoms with Crippen LogP contribution < -0.4 is 0 Å². The van der Waals surface area contributed by atoms with Crippen molar-refractivity contribution in [2.24, 2.45) is 0 Å². The molecule has 104 valence electrons. The molecular weight excluding hydrogens is 278 g/mol. The topological polar surface area (TPSA) is 30.0 Å². The molecule has 0 amide bonds. The number of nitrogens with zero attached hydrogens (tertiary/aromatic N) is 1. The summed E-state index contributed by atoms with van der Waals surface area (Å²) in [5, 5.41) is 2.48. The van der Waals surface area contributed by atoms with Gasteiger partial charge in [0, 0.05) is 16.5 Å². The Kier molecular flexibility index (Phi) is 3.93. The minimum absolute atomic E-state index is 0.0166. The van der Waals surface area contributed by atoms with E-state index in [1.807, 2.05) is 35.7 Å². The first-order chi connectivity index (χ1) is 10.3. The minimum atomic E-state index is -0.0166. The number of ketones is 1. The lowest BCUT2D eigenvalue weighted by molar-refractivity contribution is 0.103. The van der Waals surface area contributed by atoms with E-state index in [4.69, 9.17) is 0 Å². The molecule has 0 radical (unpaired) electrons. The van der Waals surface area contributed by atoms with Crippen molar-refractivity contribution in [2.75, 3.05) is 0 Å². The van der Waals surface area contributed by atoms with Crippen molar-refractivity contribution >= 4 is 17.1 Å². The van der Waals surface area contributed by atoms with Crippen molar-refractivity contribution in [2.45, 2.75) is 13.3 Å². The summed E-state index contributed by atoms with van der Waals surface area (Å²) in [6.07, 6.45) is 1.02. The molecule has 0 saturated heterocycles. The average molecular weight is 293 g/mol. The summed E-state index contributed by atoms with van der Waals surface area (Å²) in [7, 11) is 0. The minimum Gasteiger partial charge on any atom is -0.286 e. The molecule has 0 N–H and O–H groups in total. The molecule has 1 aromatic heterocycles. The zero-order valence-electron chi connectivity index (χ0n) is 11.7. The quantitative estimate of drug-likeness (QED) is 0.658. The van der Waals surface area contributed by atoms with E-state index in [-0.39, 0.29) is 5.78 Å². The van der Waals surface area contributed by atoms with Crippen LogP contribution in [-0.4, -0.2) is 10.8 Å². The van der Waals surface area contributed by atoms with Crippen LogP contribution in [0.1, 0.15) is 27.9 Å². The highest BCUT2D eigenvalue weighted by molar-refractivity contribution is 7.12. The second kappa shape index (κ2) is 6.02. The van der Waals surface area contributed by atoms with Gasteiger partial charge in [-0.3, -0.25) is 4.79 Å². The van der Waals surface area contributed by atoms with Gasteiger partial charge in [0.15, 0.2) is 5.01 Å². The summed E-state index contributed by atoms with van der Waals surface area (Å²) >= 11 is 1.40. The Morgan fingerprint density at radius 3 is 2.43 bits per heavy atom. The van der Waals surface area contributed by atoms with E-state index in [0.29, 0.717) is 10.6 Å². The Balaban J connectivity index is 1.87. The standard InChI is InChI=1S/C18H15NOS/c1-2-13-8-10-14(11-9-13)16-12-21-18(19-16)17(20)15-6-4-3-5-7-15/h3-12H,2H2,1H3. The fourth-order valence-electron chi connectivity index (χ4n) is 2.13. The molecule has 0 fully saturated rings. The Bertz CT molecular complexity index is 744. The number of rotatable bonds is 4. The first-order valence-corrected chi connectivity index (χ1v) is 7.80. The van der Waals surface area contributed by atoms with Crippen LogP contribution in [0, 0.1) is 0 Å². The maximum absolute atomic E-state index is 12.3. The zero-order chi connectivity index (χ0) is 14.7. The van der Waals surface area contributed by atoms with Gasteiger partial charge in [0.05, 0.1) is 5.69 Å². The lowest BCUT2D eigenvalue weighted by Gasteiger charge is -1.99. The van der Waals surface area contributed by atoms with E-state index >= 15 is 0 Å². The first-order valence-electron chi connectivity index (χ1n) is 6.92. The molecule has 2 nitrogen and oxygen atoms in total. The van der Waals surface area contributed by atoms with Gasteiger partial charge in [0.2, 0.25) is 5.78 Å². The molecule has 0 saturated carbocycles. The molecule has 1 heterocycles. The molecule has 3 heteroatoms. The summed E-state index contributed by atoms with van der Waals surface area (Å²) in [6.45, 7) is 2.13. The maximum Gasteiger partial charge on any atom is 0.221 e. The fourth-order valence-corrected chi connectivity index (χ4v) is 2.92. The van der Waals surface area contributed by atoms with Gasteiger partial charge in [-0.1, -0.05) is 61.5 Å². The third-order valence-electron chi connectivity index (χ3n) is 3.39. The van der Waals surface area contributed by atoms with Crippen molar-refractivity contribution in [3.8, 4) is 11.3 Å². The normalized spacial score (nSPS) is 10.5. The van der Waals surface area contributed by atoms with E-state index in [2.05, 4.69) is 36.2 Å². The molecule has 3 aromatic rings. The summed E-state index contributed by atoms with van der Waals surface area (Å²) in [4.78, 5) is 16.8. The molecule has 3 rings (SSSR count). The number of hydrogen-bond donors (Lipinski definition) is 0. The van der Waals surface area contributed by atoms with Crippen LogP contribution in [-0.2, 0) is 6.42 Å². The molecule has 2 aromatic carbocycles. The highest BCUT2D eigenvalue weighted by atomic mass is 32.1. The highest BCUT2D eigenvalue weighted by Crippen LogP contribution is 2.24. The summed E-state index contributed by atoms with van der Waals surface area (Å²) in [5.74, 6) is -0.0166. The van der Waals surface area contributed by atoms with Crippen molar-refractivity contribution in [3.05, 3.63) is 76.1 Å². The van der Waals surface area contributed by atoms with Gasteiger partial charge in [0.25, 0.3) is 0 Å². The second-order valence-electron chi connectivity index (χ2n) is 4.78. The Hall–Kier alpha value is -2.26. The van der Waals surface area contributed by atoms with Gasteiger partial charge in [0.1, 0.15) is 0 Å². The molecule has 0 spiro atoms. The van der Waals surface area contributed by atoms with Crippen molar-refractivity contribution in [1.29, 1.82) is 0 Å². The lowest BCUT2D eigenvalue weighted by Crippen LogP contribution is -2.00. The maximum atomic E-state index is 12.3. The van der Waals surface area contributed by atoms with Gasteiger partial charge < -0.3 is 0 Å². The number of carbonyl (C=O) groups excluding carboxylic acids is 1. The van der Waals surface area contributed by atoms with E-state index < -0.39 is 0 Å². The zero-order valence-corrected chi connectivity index (χ0v) is 12.6. The van der Waals surface area contributed by atoms with Gasteiger partial charge >= 0.3 is 0 Å². The van der Waals surface area contributed by atoms with Crippen molar-refractivity contribution in [1.82, 2.24) is 4.98 Å². The average Bonchev–Trinajstić information content (AvgIpc) is 3.05. The van der Waals surface area contributed by atoms with Gasteiger partial charge in [-0.25, -0.2) is 4.98 Å². The third kappa shape index (κ3) is 2.93. The fraction of sp³-hybridized carbons (Fsp3) is 0.111. The lowest BCUT2D eigenvalue weighted by atomic mass is 10.1. The Morgan fingerprint density at radius 1 is 1.05 bits per heavy atom. The number of benzene rings is 2. The van der Waals surface area contributed by atoms with E-state index in [9.17, 15) is 4.79 Å². The molecule has 0 unspecified atom stereocenters. The number of hydrogen-bond acceptors (Lipinski definition) is 3. The number of thiazole rings is 1. The van der Waals surface area contributed by atoms with Crippen LogP contribution in [0.15, 0.2) is 60.0 Å².